The van der Waals surface area contributed by atoms with Crippen LogP contribution in [0.25, 0.3) is 11.5 Å². The van der Waals surface area contributed by atoms with Crippen molar-refractivity contribution in [3.63, 3.8) is 0 Å². The number of rotatable bonds is 4. The van der Waals surface area contributed by atoms with E-state index in [9.17, 15) is 14.9 Å². The number of nitrogens with zero attached hydrogens (tertiary/aromatic N) is 5. The van der Waals surface area contributed by atoms with E-state index in [2.05, 4.69) is 13.0 Å². The molecule has 5 rings (SSSR count). The van der Waals surface area contributed by atoms with Crippen LogP contribution in [0.15, 0.2) is 59.3 Å². The SMILES string of the molecule is Cc1ccc(-n2nc3c(c2-n2cccc2)CN(C(=O)c2ccc([N+](=O)[O-])o2)C3)c(C)c1. The van der Waals surface area contributed by atoms with Crippen molar-refractivity contribution < 1.29 is 14.1 Å². The lowest BCUT2D eigenvalue weighted by Crippen LogP contribution is -2.26. The van der Waals surface area contributed by atoms with Gasteiger partial charge in [-0.25, -0.2) is 4.68 Å². The topological polar surface area (TPSA) is 99.3 Å². The summed E-state index contributed by atoms with van der Waals surface area (Å²) in [5.74, 6) is -0.0368. The van der Waals surface area contributed by atoms with Crippen LogP contribution >= 0.6 is 0 Å². The van der Waals surface area contributed by atoms with Crippen LogP contribution in [-0.4, -0.2) is 30.1 Å². The van der Waals surface area contributed by atoms with Crippen LogP contribution in [-0.2, 0) is 13.1 Å². The van der Waals surface area contributed by atoms with Gasteiger partial charge in [0.2, 0.25) is 0 Å². The number of benzene rings is 1. The zero-order valence-electron chi connectivity index (χ0n) is 17.0. The molecule has 0 fully saturated rings. The monoisotopic (exact) mass is 417 g/mol. The number of carbonyl (C=O) groups is 1. The first kappa shape index (κ1) is 18.9. The minimum atomic E-state index is -0.659. The van der Waals surface area contributed by atoms with Crippen molar-refractivity contribution in [1.29, 1.82) is 0 Å². The third-order valence-corrected chi connectivity index (χ3v) is 5.43. The van der Waals surface area contributed by atoms with E-state index in [4.69, 9.17) is 9.52 Å². The number of hydrogen-bond donors (Lipinski definition) is 0. The van der Waals surface area contributed by atoms with Gasteiger partial charge in [-0.1, -0.05) is 17.7 Å². The zero-order valence-corrected chi connectivity index (χ0v) is 17.0. The lowest BCUT2D eigenvalue weighted by atomic mass is 10.1. The Labute approximate surface area is 177 Å². The third kappa shape index (κ3) is 3.10. The molecule has 9 nitrogen and oxygen atoms in total. The fraction of sp³-hybridized carbons (Fsp3) is 0.182. The number of aryl methyl sites for hydroxylation is 2. The summed E-state index contributed by atoms with van der Waals surface area (Å²) in [6, 6.07) is 12.6. The number of hydrogen-bond acceptors (Lipinski definition) is 5. The second kappa shape index (κ2) is 6.98. The number of fused-ring (bicyclic) bond motifs is 1. The Hall–Kier alpha value is -4.14. The summed E-state index contributed by atoms with van der Waals surface area (Å²) in [7, 11) is 0. The average Bonchev–Trinajstić information content (AvgIpc) is 3.49. The highest BCUT2D eigenvalue weighted by Gasteiger charge is 2.33. The minimum Gasteiger partial charge on any atom is -0.395 e. The van der Waals surface area contributed by atoms with E-state index in [0.717, 1.165) is 28.3 Å². The molecule has 4 aromatic rings. The lowest BCUT2D eigenvalue weighted by Gasteiger charge is -2.17. The van der Waals surface area contributed by atoms with Crippen molar-refractivity contribution in [3.8, 4) is 11.5 Å². The largest absolute Gasteiger partial charge is 0.433 e. The molecular weight excluding hydrogens is 398 g/mol. The lowest BCUT2D eigenvalue weighted by molar-refractivity contribution is -0.402. The second-order valence-corrected chi connectivity index (χ2v) is 7.60. The number of furan rings is 1. The van der Waals surface area contributed by atoms with Gasteiger partial charge in [-0.3, -0.25) is 14.9 Å². The minimum absolute atomic E-state index is 0.0541. The first-order chi connectivity index (χ1) is 14.9. The highest BCUT2D eigenvalue weighted by atomic mass is 16.6. The van der Waals surface area contributed by atoms with Crippen molar-refractivity contribution in [1.82, 2.24) is 19.2 Å². The molecule has 0 aliphatic carbocycles. The summed E-state index contributed by atoms with van der Waals surface area (Å²) in [5, 5.41) is 15.7. The molecule has 9 heteroatoms. The van der Waals surface area contributed by atoms with Crippen LogP contribution in [0.5, 0.6) is 0 Å². The molecule has 156 valence electrons. The van der Waals surface area contributed by atoms with Gasteiger partial charge in [-0.15, -0.1) is 0 Å². The predicted octanol–water partition coefficient (Wildman–Crippen LogP) is 3.94. The molecule has 1 aliphatic rings. The van der Waals surface area contributed by atoms with Crippen molar-refractivity contribution in [3.05, 3.63) is 93.1 Å². The van der Waals surface area contributed by atoms with Crippen LogP contribution < -0.4 is 0 Å². The first-order valence-corrected chi connectivity index (χ1v) is 9.77. The van der Waals surface area contributed by atoms with Crippen LogP contribution in [0.3, 0.4) is 0 Å². The second-order valence-electron chi connectivity index (χ2n) is 7.60. The Bertz CT molecular complexity index is 1320. The standard InChI is InChI=1S/C22H19N5O4/c1-14-5-6-18(15(2)11-14)26-21(24-9-3-4-10-24)16-12-25(13-17(16)23-26)22(28)19-7-8-20(31-19)27(29)30/h3-11H,12-13H2,1-2H3. The van der Waals surface area contributed by atoms with E-state index in [0.29, 0.717) is 13.1 Å². The number of nitro groups is 1. The number of amides is 1. The smallest absolute Gasteiger partial charge is 0.395 e. The van der Waals surface area contributed by atoms with Gasteiger partial charge in [0.1, 0.15) is 10.7 Å². The molecule has 0 bridgehead atoms. The fourth-order valence-corrected chi connectivity index (χ4v) is 3.99. The quantitative estimate of drug-likeness (QED) is 0.370. The number of carbonyl (C=O) groups excluding carboxylic acids is 1. The van der Waals surface area contributed by atoms with Crippen molar-refractivity contribution in [2.75, 3.05) is 0 Å². The van der Waals surface area contributed by atoms with Gasteiger partial charge in [-0.2, -0.15) is 5.10 Å². The molecule has 31 heavy (non-hydrogen) atoms. The fourth-order valence-electron chi connectivity index (χ4n) is 3.99. The van der Waals surface area contributed by atoms with Gasteiger partial charge in [0, 0.05) is 18.0 Å². The Kier molecular flexibility index (Phi) is 4.25. The van der Waals surface area contributed by atoms with Gasteiger partial charge in [0.25, 0.3) is 5.91 Å². The molecule has 0 N–H and O–H groups in total. The molecule has 0 saturated heterocycles. The Morgan fingerprint density at radius 2 is 1.90 bits per heavy atom. The Morgan fingerprint density at radius 3 is 2.58 bits per heavy atom. The van der Waals surface area contributed by atoms with Crippen molar-refractivity contribution >= 4 is 11.8 Å². The molecule has 1 aliphatic heterocycles. The van der Waals surface area contributed by atoms with Gasteiger partial charge in [0.05, 0.1) is 30.5 Å². The average molecular weight is 417 g/mol. The molecule has 1 aromatic carbocycles. The zero-order chi connectivity index (χ0) is 21.7. The van der Waals surface area contributed by atoms with Gasteiger partial charge in [-0.05, 0) is 43.7 Å². The van der Waals surface area contributed by atoms with E-state index >= 15 is 0 Å². The molecule has 0 radical (unpaired) electrons. The Morgan fingerprint density at radius 1 is 1.13 bits per heavy atom. The normalized spacial score (nSPS) is 12.9. The van der Waals surface area contributed by atoms with E-state index in [1.807, 2.05) is 52.8 Å². The summed E-state index contributed by atoms with van der Waals surface area (Å²) in [6.45, 7) is 4.74. The summed E-state index contributed by atoms with van der Waals surface area (Å²) in [5.41, 5.74) is 4.98. The maximum absolute atomic E-state index is 12.9. The molecule has 0 spiro atoms. The van der Waals surface area contributed by atoms with E-state index in [-0.39, 0.29) is 5.76 Å². The molecule has 0 saturated carbocycles. The number of aromatic nitrogens is 3. The van der Waals surface area contributed by atoms with Gasteiger partial charge < -0.3 is 13.9 Å². The van der Waals surface area contributed by atoms with Crippen molar-refractivity contribution in [2.45, 2.75) is 26.9 Å². The van der Waals surface area contributed by atoms with E-state index in [1.165, 1.54) is 17.7 Å². The summed E-state index contributed by atoms with van der Waals surface area (Å²) in [4.78, 5) is 24.6. The Balaban J connectivity index is 1.53. The maximum Gasteiger partial charge on any atom is 0.433 e. The predicted molar refractivity (Wildman–Crippen MR) is 111 cm³/mol. The summed E-state index contributed by atoms with van der Waals surface area (Å²) < 4.78 is 8.99. The molecule has 4 heterocycles. The molecule has 0 unspecified atom stereocenters. The maximum atomic E-state index is 12.9. The molecule has 3 aromatic heterocycles. The third-order valence-electron chi connectivity index (χ3n) is 5.43. The molecule has 1 amide bonds. The molecule has 0 atom stereocenters. The van der Waals surface area contributed by atoms with Crippen LogP contribution in [0, 0.1) is 24.0 Å². The van der Waals surface area contributed by atoms with Crippen LogP contribution in [0.4, 0.5) is 5.88 Å². The highest BCUT2D eigenvalue weighted by Crippen LogP contribution is 2.32. The van der Waals surface area contributed by atoms with Crippen LogP contribution in [0.1, 0.15) is 32.9 Å². The first-order valence-electron chi connectivity index (χ1n) is 9.77. The van der Waals surface area contributed by atoms with Gasteiger partial charge >= 0.3 is 5.88 Å². The summed E-state index contributed by atoms with van der Waals surface area (Å²) in [6.07, 6.45) is 3.88. The van der Waals surface area contributed by atoms with E-state index < -0.39 is 16.7 Å². The van der Waals surface area contributed by atoms with Crippen molar-refractivity contribution in [2.24, 2.45) is 0 Å². The molecular formula is C22H19N5O4. The van der Waals surface area contributed by atoms with E-state index in [1.54, 1.807) is 4.90 Å². The van der Waals surface area contributed by atoms with Gasteiger partial charge in [0.15, 0.2) is 5.76 Å². The highest BCUT2D eigenvalue weighted by molar-refractivity contribution is 5.92. The van der Waals surface area contributed by atoms with Crippen LogP contribution in [0.2, 0.25) is 0 Å². The summed E-state index contributed by atoms with van der Waals surface area (Å²) >= 11 is 0.